The van der Waals surface area contributed by atoms with Gasteiger partial charge >= 0.3 is 6.61 Å². The summed E-state index contributed by atoms with van der Waals surface area (Å²) in [5.74, 6) is -0.441. The van der Waals surface area contributed by atoms with E-state index in [1.807, 2.05) is 0 Å². The number of ether oxygens (including phenoxy) is 1. The molecule has 1 atom stereocenters. The summed E-state index contributed by atoms with van der Waals surface area (Å²) in [5, 5.41) is 2.50. The van der Waals surface area contributed by atoms with Gasteiger partial charge in [0.2, 0.25) is 5.91 Å². The van der Waals surface area contributed by atoms with E-state index in [0.29, 0.717) is 12.1 Å². The zero-order valence-corrected chi connectivity index (χ0v) is 9.61. The minimum atomic E-state index is -2.90. The van der Waals surface area contributed by atoms with Crippen LogP contribution in [0.5, 0.6) is 5.75 Å². The maximum absolute atomic E-state index is 12.0. The summed E-state index contributed by atoms with van der Waals surface area (Å²) in [6.45, 7) is 0.570. The van der Waals surface area contributed by atoms with Crippen LogP contribution in [-0.2, 0) is 4.79 Å². The molecule has 6 heteroatoms. The summed E-state index contributed by atoms with van der Waals surface area (Å²) < 4.78 is 28.2. The van der Waals surface area contributed by atoms with E-state index in [0.717, 1.165) is 0 Å². The van der Waals surface area contributed by atoms with Crippen molar-refractivity contribution in [3.63, 3.8) is 0 Å². The molecule has 98 valence electrons. The molecule has 0 radical (unpaired) electrons. The first-order chi connectivity index (χ1) is 8.52. The molecule has 1 amide bonds. The Bertz CT molecular complexity index is 424. The molecule has 1 rings (SSSR count). The summed E-state index contributed by atoms with van der Waals surface area (Å²) in [6, 6.07) is 4.99. The summed E-state index contributed by atoms with van der Waals surface area (Å²) >= 11 is 0. The van der Waals surface area contributed by atoms with E-state index in [2.05, 4.69) is 16.6 Å². The first kappa shape index (κ1) is 14.1. The SMILES string of the molecule is C=CCC(N)C(=O)Nc1cccc(OC(F)F)c1. The number of halogens is 2. The highest BCUT2D eigenvalue weighted by Crippen LogP contribution is 2.19. The van der Waals surface area contributed by atoms with Gasteiger partial charge in [0.1, 0.15) is 5.75 Å². The number of anilines is 1. The van der Waals surface area contributed by atoms with Gasteiger partial charge in [0.15, 0.2) is 0 Å². The number of hydrogen-bond acceptors (Lipinski definition) is 3. The van der Waals surface area contributed by atoms with Gasteiger partial charge < -0.3 is 15.8 Å². The Morgan fingerprint density at radius 1 is 1.56 bits per heavy atom. The molecular formula is C12H14F2N2O2. The molecule has 1 unspecified atom stereocenters. The van der Waals surface area contributed by atoms with Gasteiger partial charge in [-0.2, -0.15) is 8.78 Å². The predicted molar refractivity (Wildman–Crippen MR) is 64.5 cm³/mol. The Morgan fingerprint density at radius 2 is 2.28 bits per heavy atom. The third-order valence-corrected chi connectivity index (χ3v) is 2.08. The standard InChI is InChI=1S/C12H14F2N2O2/c1-2-4-10(15)11(17)16-8-5-3-6-9(7-8)18-12(13)14/h2-3,5-7,10,12H,1,4,15H2,(H,16,17). The van der Waals surface area contributed by atoms with Gasteiger partial charge in [-0.1, -0.05) is 12.1 Å². The number of alkyl halides is 2. The molecule has 4 nitrogen and oxygen atoms in total. The zero-order valence-electron chi connectivity index (χ0n) is 9.61. The molecule has 0 aliphatic carbocycles. The van der Waals surface area contributed by atoms with Crippen LogP contribution in [0.15, 0.2) is 36.9 Å². The Hall–Kier alpha value is -1.95. The Balaban J connectivity index is 2.67. The molecule has 0 saturated heterocycles. The van der Waals surface area contributed by atoms with Crippen molar-refractivity contribution in [2.45, 2.75) is 19.1 Å². The number of nitrogens with one attached hydrogen (secondary N) is 1. The molecule has 0 aliphatic heterocycles. The quantitative estimate of drug-likeness (QED) is 0.766. The molecule has 0 bridgehead atoms. The summed E-state index contributed by atoms with van der Waals surface area (Å²) in [7, 11) is 0. The monoisotopic (exact) mass is 256 g/mol. The lowest BCUT2D eigenvalue weighted by atomic mass is 10.2. The van der Waals surface area contributed by atoms with Crippen LogP contribution in [0.3, 0.4) is 0 Å². The molecule has 0 spiro atoms. The zero-order chi connectivity index (χ0) is 13.5. The second-order valence-electron chi connectivity index (χ2n) is 3.53. The van der Waals surface area contributed by atoms with E-state index in [9.17, 15) is 13.6 Å². The fourth-order valence-corrected chi connectivity index (χ4v) is 1.27. The molecular weight excluding hydrogens is 242 g/mol. The summed E-state index contributed by atoms with van der Waals surface area (Å²) in [6.07, 6.45) is 1.86. The van der Waals surface area contributed by atoms with Crippen molar-refractivity contribution in [2.24, 2.45) is 5.73 Å². The van der Waals surface area contributed by atoms with Crippen molar-refractivity contribution in [3.05, 3.63) is 36.9 Å². The van der Waals surface area contributed by atoms with Gasteiger partial charge in [-0.15, -0.1) is 6.58 Å². The van der Waals surface area contributed by atoms with E-state index in [4.69, 9.17) is 5.73 Å². The first-order valence-electron chi connectivity index (χ1n) is 5.25. The van der Waals surface area contributed by atoms with Crippen LogP contribution < -0.4 is 15.8 Å². The van der Waals surface area contributed by atoms with Crippen molar-refractivity contribution in [2.75, 3.05) is 5.32 Å². The van der Waals surface area contributed by atoms with Gasteiger partial charge in [-0.3, -0.25) is 4.79 Å². The molecule has 0 aromatic heterocycles. The maximum Gasteiger partial charge on any atom is 0.387 e. The smallest absolute Gasteiger partial charge is 0.387 e. The van der Waals surface area contributed by atoms with Crippen LogP contribution in [0.4, 0.5) is 14.5 Å². The molecule has 3 N–H and O–H groups in total. The van der Waals surface area contributed by atoms with Crippen molar-refractivity contribution in [3.8, 4) is 5.75 Å². The second kappa shape index (κ2) is 6.70. The fourth-order valence-electron chi connectivity index (χ4n) is 1.27. The highest BCUT2D eigenvalue weighted by Gasteiger charge is 2.12. The highest BCUT2D eigenvalue weighted by atomic mass is 19.3. The normalized spacial score (nSPS) is 12.0. The van der Waals surface area contributed by atoms with Crippen molar-refractivity contribution in [1.29, 1.82) is 0 Å². The lowest BCUT2D eigenvalue weighted by molar-refractivity contribution is -0.117. The third-order valence-electron chi connectivity index (χ3n) is 2.08. The van der Waals surface area contributed by atoms with Crippen LogP contribution in [0.1, 0.15) is 6.42 Å². The summed E-state index contributed by atoms with van der Waals surface area (Å²) in [5.41, 5.74) is 5.90. The fraction of sp³-hybridized carbons (Fsp3) is 0.250. The molecule has 1 aromatic rings. The van der Waals surface area contributed by atoms with Crippen molar-refractivity contribution in [1.82, 2.24) is 0 Å². The number of carbonyl (C=O) groups excluding carboxylic acids is 1. The molecule has 18 heavy (non-hydrogen) atoms. The average molecular weight is 256 g/mol. The van der Waals surface area contributed by atoms with E-state index in [1.165, 1.54) is 24.3 Å². The number of carbonyl (C=O) groups is 1. The second-order valence-corrected chi connectivity index (χ2v) is 3.53. The molecule has 0 fully saturated rings. The maximum atomic E-state index is 12.0. The minimum absolute atomic E-state index is 0.0277. The van der Waals surface area contributed by atoms with Gasteiger partial charge in [-0.25, -0.2) is 0 Å². The largest absolute Gasteiger partial charge is 0.435 e. The van der Waals surface area contributed by atoms with E-state index < -0.39 is 18.6 Å². The van der Waals surface area contributed by atoms with Gasteiger partial charge in [0.05, 0.1) is 6.04 Å². The topological polar surface area (TPSA) is 64.4 Å². The first-order valence-corrected chi connectivity index (χ1v) is 5.25. The van der Waals surface area contributed by atoms with E-state index in [-0.39, 0.29) is 5.75 Å². The van der Waals surface area contributed by atoms with E-state index >= 15 is 0 Å². The van der Waals surface area contributed by atoms with Crippen LogP contribution in [-0.4, -0.2) is 18.6 Å². The lowest BCUT2D eigenvalue weighted by Gasteiger charge is -2.11. The predicted octanol–water partition coefficient (Wildman–Crippen LogP) is 2.13. The minimum Gasteiger partial charge on any atom is -0.435 e. The van der Waals surface area contributed by atoms with Gasteiger partial charge in [0.25, 0.3) is 0 Å². The van der Waals surface area contributed by atoms with Crippen LogP contribution in [0, 0.1) is 0 Å². The Morgan fingerprint density at radius 3 is 2.89 bits per heavy atom. The molecule has 0 heterocycles. The van der Waals surface area contributed by atoms with Crippen molar-refractivity contribution < 1.29 is 18.3 Å². The number of nitrogens with two attached hydrogens (primary N) is 1. The summed E-state index contributed by atoms with van der Waals surface area (Å²) in [4.78, 5) is 11.6. The van der Waals surface area contributed by atoms with Gasteiger partial charge in [-0.05, 0) is 18.6 Å². The number of rotatable bonds is 6. The third kappa shape index (κ3) is 4.50. The van der Waals surface area contributed by atoms with Gasteiger partial charge in [0, 0.05) is 11.8 Å². The molecule has 1 aromatic carbocycles. The number of hydrogen-bond donors (Lipinski definition) is 2. The van der Waals surface area contributed by atoms with E-state index in [1.54, 1.807) is 6.07 Å². The highest BCUT2D eigenvalue weighted by molar-refractivity contribution is 5.94. The lowest BCUT2D eigenvalue weighted by Crippen LogP contribution is -2.35. The Labute approximate surface area is 103 Å². The number of amides is 1. The average Bonchev–Trinajstić information content (AvgIpc) is 2.28. The van der Waals surface area contributed by atoms with Crippen LogP contribution in [0.25, 0.3) is 0 Å². The molecule has 0 aliphatic rings. The molecule has 0 saturated carbocycles. The Kier molecular flexibility index (Phi) is 5.26. The van der Waals surface area contributed by atoms with Crippen LogP contribution in [0.2, 0.25) is 0 Å². The van der Waals surface area contributed by atoms with Crippen LogP contribution >= 0.6 is 0 Å². The number of benzene rings is 1. The van der Waals surface area contributed by atoms with Crippen molar-refractivity contribution >= 4 is 11.6 Å².